The molecule has 2 aromatic heterocycles. The van der Waals surface area contributed by atoms with Crippen molar-refractivity contribution in [3.05, 3.63) is 60.1 Å². The van der Waals surface area contributed by atoms with Gasteiger partial charge < -0.3 is 9.84 Å². The van der Waals surface area contributed by atoms with E-state index in [9.17, 15) is 0 Å². The number of para-hydroxylation sites is 1. The second-order valence-electron chi connectivity index (χ2n) is 4.45. The maximum absolute atomic E-state index is 5.22. The molecule has 0 saturated carbocycles. The average Bonchev–Trinajstić information content (AvgIpc) is 2.95. The van der Waals surface area contributed by atoms with Gasteiger partial charge in [-0.3, -0.25) is 4.98 Å². The van der Waals surface area contributed by atoms with Gasteiger partial charge in [0.15, 0.2) is 0 Å². The topological polar surface area (TPSA) is 63.8 Å². The van der Waals surface area contributed by atoms with E-state index in [2.05, 4.69) is 20.4 Å². The van der Waals surface area contributed by atoms with Gasteiger partial charge in [-0.05, 0) is 36.8 Å². The number of aryl methyl sites for hydroxylation is 1. The fourth-order valence-electron chi connectivity index (χ4n) is 1.82. The quantitative estimate of drug-likeness (QED) is 0.786. The van der Waals surface area contributed by atoms with Crippen LogP contribution in [-0.4, -0.2) is 15.1 Å². The van der Waals surface area contributed by atoms with Crippen molar-refractivity contribution in [2.45, 2.75) is 13.5 Å². The molecular formula is C15H14N4O. The molecule has 1 N–H and O–H groups in total. The van der Waals surface area contributed by atoms with Crippen molar-refractivity contribution in [2.75, 3.05) is 5.32 Å². The van der Waals surface area contributed by atoms with Crippen LogP contribution in [0.3, 0.4) is 0 Å². The molecule has 0 aliphatic heterocycles. The number of aromatic nitrogens is 3. The van der Waals surface area contributed by atoms with E-state index in [0.717, 1.165) is 16.9 Å². The molecule has 0 saturated heterocycles. The molecular weight excluding hydrogens is 252 g/mol. The van der Waals surface area contributed by atoms with Gasteiger partial charge in [0.05, 0.1) is 6.54 Å². The van der Waals surface area contributed by atoms with Gasteiger partial charge in [-0.2, -0.15) is 4.98 Å². The first kappa shape index (κ1) is 12.3. The van der Waals surface area contributed by atoms with E-state index in [-0.39, 0.29) is 0 Å². The van der Waals surface area contributed by atoms with E-state index < -0.39 is 0 Å². The second-order valence-corrected chi connectivity index (χ2v) is 4.45. The number of nitrogens with one attached hydrogen (secondary N) is 1. The van der Waals surface area contributed by atoms with Gasteiger partial charge in [0, 0.05) is 11.9 Å². The van der Waals surface area contributed by atoms with Crippen LogP contribution in [0.5, 0.6) is 0 Å². The molecule has 0 unspecified atom stereocenters. The van der Waals surface area contributed by atoms with Gasteiger partial charge in [0.1, 0.15) is 5.69 Å². The molecule has 5 nitrogen and oxygen atoms in total. The SMILES string of the molecule is Cc1ccnc(-c2noc(CNc3ccccc3)n2)c1. The number of pyridine rings is 1. The fraction of sp³-hybridized carbons (Fsp3) is 0.133. The summed E-state index contributed by atoms with van der Waals surface area (Å²) in [5.74, 6) is 1.05. The molecule has 20 heavy (non-hydrogen) atoms. The number of anilines is 1. The van der Waals surface area contributed by atoms with Crippen molar-refractivity contribution in [1.29, 1.82) is 0 Å². The van der Waals surface area contributed by atoms with Crippen LogP contribution in [0.1, 0.15) is 11.5 Å². The van der Waals surface area contributed by atoms with Crippen molar-refractivity contribution in [3.63, 3.8) is 0 Å². The van der Waals surface area contributed by atoms with E-state index in [4.69, 9.17) is 4.52 Å². The normalized spacial score (nSPS) is 10.4. The third-order valence-electron chi connectivity index (χ3n) is 2.83. The zero-order valence-corrected chi connectivity index (χ0v) is 11.1. The summed E-state index contributed by atoms with van der Waals surface area (Å²) in [6, 6.07) is 13.7. The van der Waals surface area contributed by atoms with Gasteiger partial charge in [-0.25, -0.2) is 0 Å². The van der Waals surface area contributed by atoms with Crippen molar-refractivity contribution >= 4 is 5.69 Å². The lowest BCUT2D eigenvalue weighted by molar-refractivity contribution is 0.384. The third-order valence-corrected chi connectivity index (χ3v) is 2.83. The molecule has 100 valence electrons. The van der Waals surface area contributed by atoms with Crippen LogP contribution in [0.25, 0.3) is 11.5 Å². The lowest BCUT2D eigenvalue weighted by Gasteiger charge is -2.01. The number of rotatable bonds is 4. The number of hydrogen-bond donors (Lipinski definition) is 1. The Morgan fingerprint density at radius 3 is 2.80 bits per heavy atom. The van der Waals surface area contributed by atoms with Crippen molar-refractivity contribution < 1.29 is 4.52 Å². The zero-order chi connectivity index (χ0) is 13.8. The fourth-order valence-corrected chi connectivity index (χ4v) is 1.82. The molecule has 0 atom stereocenters. The van der Waals surface area contributed by atoms with Gasteiger partial charge in [0.2, 0.25) is 11.7 Å². The predicted molar refractivity (Wildman–Crippen MR) is 76.0 cm³/mol. The first-order valence-corrected chi connectivity index (χ1v) is 6.36. The van der Waals surface area contributed by atoms with Crippen molar-refractivity contribution in [1.82, 2.24) is 15.1 Å². The summed E-state index contributed by atoms with van der Waals surface area (Å²) in [5.41, 5.74) is 2.85. The second kappa shape index (κ2) is 5.52. The Morgan fingerprint density at radius 2 is 2.00 bits per heavy atom. The summed E-state index contributed by atoms with van der Waals surface area (Å²) in [6.07, 6.45) is 1.74. The highest BCUT2D eigenvalue weighted by molar-refractivity contribution is 5.49. The molecule has 0 aliphatic rings. The Balaban J connectivity index is 1.71. The molecule has 0 aliphatic carbocycles. The van der Waals surface area contributed by atoms with Crippen LogP contribution < -0.4 is 5.32 Å². The zero-order valence-electron chi connectivity index (χ0n) is 11.1. The average molecular weight is 266 g/mol. The minimum atomic E-state index is 0.489. The van der Waals surface area contributed by atoms with Crippen LogP contribution >= 0.6 is 0 Å². The van der Waals surface area contributed by atoms with E-state index in [0.29, 0.717) is 18.3 Å². The molecule has 0 bridgehead atoms. The monoisotopic (exact) mass is 266 g/mol. The molecule has 0 spiro atoms. The molecule has 3 aromatic rings. The molecule has 0 amide bonds. The standard InChI is InChI=1S/C15H14N4O/c1-11-7-8-16-13(9-11)15-18-14(20-19-15)10-17-12-5-3-2-4-6-12/h2-9,17H,10H2,1H3. The highest BCUT2D eigenvalue weighted by atomic mass is 16.5. The summed E-state index contributed by atoms with van der Waals surface area (Å²) in [6.45, 7) is 2.49. The van der Waals surface area contributed by atoms with Crippen LogP contribution in [0.2, 0.25) is 0 Å². The maximum Gasteiger partial charge on any atom is 0.246 e. The minimum absolute atomic E-state index is 0.489. The molecule has 0 radical (unpaired) electrons. The Hall–Kier alpha value is -2.69. The van der Waals surface area contributed by atoms with Crippen LogP contribution in [0.15, 0.2) is 53.2 Å². The number of benzene rings is 1. The van der Waals surface area contributed by atoms with E-state index in [1.165, 1.54) is 0 Å². The maximum atomic E-state index is 5.22. The molecule has 5 heteroatoms. The molecule has 3 rings (SSSR count). The van der Waals surface area contributed by atoms with Crippen molar-refractivity contribution in [3.8, 4) is 11.5 Å². The highest BCUT2D eigenvalue weighted by Crippen LogP contribution is 2.14. The Labute approximate surface area is 116 Å². The molecule has 0 fully saturated rings. The Kier molecular flexibility index (Phi) is 3.41. The van der Waals surface area contributed by atoms with E-state index in [1.54, 1.807) is 6.20 Å². The Morgan fingerprint density at radius 1 is 1.15 bits per heavy atom. The lowest BCUT2D eigenvalue weighted by Crippen LogP contribution is -1.99. The van der Waals surface area contributed by atoms with Gasteiger partial charge >= 0.3 is 0 Å². The largest absolute Gasteiger partial charge is 0.376 e. The summed E-state index contributed by atoms with van der Waals surface area (Å²) >= 11 is 0. The Bertz CT molecular complexity index is 694. The number of nitrogens with zero attached hydrogens (tertiary/aromatic N) is 3. The first-order valence-electron chi connectivity index (χ1n) is 6.36. The minimum Gasteiger partial charge on any atom is -0.376 e. The summed E-state index contributed by atoms with van der Waals surface area (Å²) in [7, 11) is 0. The predicted octanol–water partition coefficient (Wildman–Crippen LogP) is 3.05. The molecule has 2 heterocycles. The summed E-state index contributed by atoms with van der Waals surface area (Å²) in [5, 5.41) is 7.17. The van der Waals surface area contributed by atoms with Gasteiger partial charge in [-0.1, -0.05) is 23.4 Å². The summed E-state index contributed by atoms with van der Waals surface area (Å²) < 4.78 is 5.22. The molecule has 1 aromatic carbocycles. The summed E-state index contributed by atoms with van der Waals surface area (Å²) in [4.78, 5) is 8.57. The van der Waals surface area contributed by atoms with Crippen LogP contribution in [-0.2, 0) is 6.54 Å². The van der Waals surface area contributed by atoms with Crippen LogP contribution in [0.4, 0.5) is 5.69 Å². The van der Waals surface area contributed by atoms with E-state index >= 15 is 0 Å². The van der Waals surface area contributed by atoms with Crippen molar-refractivity contribution in [2.24, 2.45) is 0 Å². The van der Waals surface area contributed by atoms with Gasteiger partial charge in [-0.15, -0.1) is 0 Å². The smallest absolute Gasteiger partial charge is 0.246 e. The van der Waals surface area contributed by atoms with Crippen LogP contribution in [0, 0.1) is 6.92 Å². The van der Waals surface area contributed by atoms with E-state index in [1.807, 2.05) is 49.4 Å². The highest BCUT2D eigenvalue weighted by Gasteiger charge is 2.09. The first-order chi connectivity index (χ1) is 9.81. The number of hydrogen-bond acceptors (Lipinski definition) is 5. The third kappa shape index (κ3) is 2.83. The lowest BCUT2D eigenvalue weighted by atomic mass is 10.2. The van der Waals surface area contributed by atoms with Gasteiger partial charge in [0.25, 0.3) is 0 Å².